The lowest BCUT2D eigenvalue weighted by Gasteiger charge is -2.34. The standard InChI is InChI=1S/C24H26Cl3N5O/c1-15(2)32-11-9-16(10-12-32)13-28-23-30-21(29-22(31-23)24(25,26)27)19-8-7-17-5-3-4-6-18(17)20(19)14-33/h3-8,14-16H,9-13H2,1-2H3,(H,28,29,30,31). The van der Waals surface area contributed by atoms with E-state index in [1.54, 1.807) is 0 Å². The topological polar surface area (TPSA) is 71.0 Å². The number of carbonyl (C=O) groups excluding carboxylic acids is 1. The van der Waals surface area contributed by atoms with Crippen LogP contribution in [0.4, 0.5) is 5.95 Å². The van der Waals surface area contributed by atoms with Crippen LogP contribution in [0.15, 0.2) is 36.4 Å². The molecule has 1 aromatic heterocycles. The van der Waals surface area contributed by atoms with E-state index in [2.05, 4.69) is 39.0 Å². The maximum absolute atomic E-state index is 12.0. The van der Waals surface area contributed by atoms with Crippen LogP contribution in [0, 0.1) is 5.92 Å². The molecule has 1 fully saturated rings. The van der Waals surface area contributed by atoms with Crippen molar-refractivity contribution in [1.29, 1.82) is 0 Å². The fourth-order valence-electron chi connectivity index (χ4n) is 4.23. The lowest BCUT2D eigenvalue weighted by Crippen LogP contribution is -2.40. The van der Waals surface area contributed by atoms with Gasteiger partial charge in [-0.25, -0.2) is 4.98 Å². The summed E-state index contributed by atoms with van der Waals surface area (Å²) in [7, 11) is 0. The first-order valence-corrected chi connectivity index (χ1v) is 12.2. The first-order chi connectivity index (χ1) is 15.8. The van der Waals surface area contributed by atoms with Crippen molar-refractivity contribution in [3.8, 4) is 11.4 Å². The summed E-state index contributed by atoms with van der Waals surface area (Å²) in [5.74, 6) is 1.14. The van der Waals surface area contributed by atoms with Gasteiger partial charge in [-0.2, -0.15) is 9.97 Å². The molecule has 0 radical (unpaired) electrons. The van der Waals surface area contributed by atoms with Gasteiger partial charge in [0, 0.05) is 23.7 Å². The fourth-order valence-corrected chi connectivity index (χ4v) is 4.48. The zero-order valence-corrected chi connectivity index (χ0v) is 20.8. The number of piperidine rings is 1. The second kappa shape index (κ2) is 10.1. The molecule has 3 aromatic rings. The van der Waals surface area contributed by atoms with E-state index in [1.165, 1.54) is 0 Å². The molecule has 0 atom stereocenters. The number of alkyl halides is 3. The molecule has 2 aromatic carbocycles. The van der Waals surface area contributed by atoms with Crippen molar-refractivity contribution in [3.63, 3.8) is 0 Å². The molecular weight excluding hydrogens is 481 g/mol. The molecule has 0 saturated carbocycles. The van der Waals surface area contributed by atoms with E-state index in [1.807, 2.05) is 36.4 Å². The van der Waals surface area contributed by atoms with Crippen LogP contribution >= 0.6 is 34.8 Å². The van der Waals surface area contributed by atoms with Crippen molar-refractivity contribution in [2.75, 3.05) is 25.0 Å². The first kappa shape index (κ1) is 24.1. The maximum Gasteiger partial charge on any atom is 0.250 e. The fraction of sp³-hybridized carbons (Fsp3) is 0.417. The molecule has 0 aliphatic carbocycles. The highest BCUT2D eigenvalue weighted by molar-refractivity contribution is 6.66. The van der Waals surface area contributed by atoms with Crippen LogP contribution in [0.5, 0.6) is 0 Å². The number of benzene rings is 2. The van der Waals surface area contributed by atoms with E-state index in [0.29, 0.717) is 35.6 Å². The van der Waals surface area contributed by atoms with Gasteiger partial charge in [0.05, 0.1) is 0 Å². The van der Waals surface area contributed by atoms with E-state index in [0.717, 1.165) is 43.0 Å². The summed E-state index contributed by atoms with van der Waals surface area (Å²) in [5, 5.41) is 5.07. The molecule has 33 heavy (non-hydrogen) atoms. The second-order valence-corrected chi connectivity index (χ2v) is 10.9. The largest absolute Gasteiger partial charge is 0.354 e. The van der Waals surface area contributed by atoms with Gasteiger partial charge in [-0.15, -0.1) is 0 Å². The summed E-state index contributed by atoms with van der Waals surface area (Å²) in [4.78, 5) is 27.8. The van der Waals surface area contributed by atoms with Gasteiger partial charge in [0.1, 0.15) is 0 Å². The third kappa shape index (κ3) is 5.57. The van der Waals surface area contributed by atoms with E-state index in [4.69, 9.17) is 34.8 Å². The zero-order chi connectivity index (χ0) is 23.6. The lowest BCUT2D eigenvalue weighted by atomic mass is 9.96. The molecule has 9 heteroatoms. The third-order valence-corrected chi connectivity index (χ3v) is 6.65. The van der Waals surface area contributed by atoms with E-state index < -0.39 is 3.79 Å². The summed E-state index contributed by atoms with van der Waals surface area (Å²) in [6, 6.07) is 11.9. The molecule has 1 aliphatic heterocycles. The number of nitrogens with one attached hydrogen (secondary N) is 1. The average molecular weight is 507 g/mol. The van der Waals surface area contributed by atoms with Crippen LogP contribution in [0.1, 0.15) is 42.9 Å². The number of carbonyl (C=O) groups is 1. The van der Waals surface area contributed by atoms with Crippen LogP contribution < -0.4 is 5.32 Å². The number of rotatable bonds is 6. The zero-order valence-electron chi connectivity index (χ0n) is 18.6. The Hall–Kier alpha value is -1.99. The number of halogens is 3. The van der Waals surface area contributed by atoms with Crippen molar-refractivity contribution in [2.45, 2.75) is 36.5 Å². The summed E-state index contributed by atoms with van der Waals surface area (Å²) >= 11 is 18.4. The minimum absolute atomic E-state index is 0.0136. The number of anilines is 1. The minimum Gasteiger partial charge on any atom is -0.354 e. The van der Waals surface area contributed by atoms with Crippen LogP contribution in [0.2, 0.25) is 0 Å². The predicted octanol–water partition coefficient (Wildman–Crippen LogP) is 5.86. The highest BCUT2D eigenvalue weighted by Crippen LogP contribution is 2.37. The van der Waals surface area contributed by atoms with Gasteiger partial charge in [0.2, 0.25) is 9.74 Å². The van der Waals surface area contributed by atoms with E-state index >= 15 is 0 Å². The molecule has 0 bridgehead atoms. The number of hydrogen-bond acceptors (Lipinski definition) is 6. The van der Waals surface area contributed by atoms with Crippen molar-refractivity contribution in [2.24, 2.45) is 5.92 Å². The molecule has 6 nitrogen and oxygen atoms in total. The van der Waals surface area contributed by atoms with Crippen molar-refractivity contribution >= 4 is 57.8 Å². The van der Waals surface area contributed by atoms with Crippen molar-refractivity contribution < 1.29 is 4.79 Å². The Morgan fingerprint density at radius 3 is 2.48 bits per heavy atom. The van der Waals surface area contributed by atoms with Crippen LogP contribution in [-0.2, 0) is 3.79 Å². The third-order valence-electron chi connectivity index (χ3n) is 6.15. The number of aromatic nitrogens is 3. The second-order valence-electron chi connectivity index (χ2n) is 8.62. The molecule has 2 heterocycles. The summed E-state index contributed by atoms with van der Waals surface area (Å²) in [6.45, 7) is 7.32. The molecule has 0 spiro atoms. The van der Waals surface area contributed by atoms with Gasteiger partial charge in [-0.05, 0) is 62.5 Å². The Morgan fingerprint density at radius 2 is 1.82 bits per heavy atom. The van der Waals surface area contributed by atoms with Gasteiger partial charge >= 0.3 is 0 Å². The van der Waals surface area contributed by atoms with Gasteiger partial charge in [0.25, 0.3) is 0 Å². The molecular formula is C24H26Cl3N5O. The van der Waals surface area contributed by atoms with Gasteiger partial charge in [-0.3, -0.25) is 4.79 Å². The van der Waals surface area contributed by atoms with Crippen molar-refractivity contribution in [3.05, 3.63) is 47.8 Å². The summed E-state index contributed by atoms with van der Waals surface area (Å²) in [6.07, 6.45) is 3.01. The molecule has 1 N–H and O–H groups in total. The SMILES string of the molecule is CC(C)N1CCC(CNc2nc(-c3ccc4ccccc4c3C=O)nc(C(Cl)(Cl)Cl)n2)CC1. The number of fused-ring (bicyclic) bond motifs is 1. The Balaban J connectivity index is 1.64. The first-order valence-electron chi connectivity index (χ1n) is 11.0. The predicted molar refractivity (Wildman–Crippen MR) is 135 cm³/mol. The minimum atomic E-state index is -1.82. The molecule has 0 amide bonds. The maximum atomic E-state index is 12.0. The highest BCUT2D eigenvalue weighted by Gasteiger charge is 2.29. The Labute approximate surface area is 208 Å². The number of nitrogens with zero attached hydrogens (tertiary/aromatic N) is 4. The summed E-state index contributed by atoms with van der Waals surface area (Å²) < 4.78 is -1.82. The highest BCUT2D eigenvalue weighted by atomic mass is 35.6. The Kier molecular flexibility index (Phi) is 7.39. The number of aldehydes is 1. The van der Waals surface area contributed by atoms with Crippen LogP contribution in [0.25, 0.3) is 22.2 Å². The molecule has 1 aliphatic rings. The number of hydrogen-bond donors (Lipinski definition) is 1. The summed E-state index contributed by atoms with van der Waals surface area (Å²) in [5.41, 5.74) is 1.05. The normalized spacial score (nSPS) is 15.8. The van der Waals surface area contributed by atoms with Gasteiger partial charge in [-0.1, -0.05) is 65.1 Å². The number of likely N-dealkylation sites (tertiary alicyclic amines) is 1. The van der Waals surface area contributed by atoms with Crippen LogP contribution in [-0.4, -0.2) is 51.8 Å². The van der Waals surface area contributed by atoms with E-state index in [-0.39, 0.29) is 11.6 Å². The lowest BCUT2D eigenvalue weighted by molar-refractivity contribution is 0.112. The average Bonchev–Trinajstić information content (AvgIpc) is 2.81. The molecule has 1 saturated heterocycles. The van der Waals surface area contributed by atoms with Gasteiger partial charge in [0.15, 0.2) is 17.9 Å². The smallest absolute Gasteiger partial charge is 0.250 e. The molecule has 4 rings (SSSR count). The Morgan fingerprint density at radius 1 is 1.09 bits per heavy atom. The monoisotopic (exact) mass is 505 g/mol. The molecule has 174 valence electrons. The van der Waals surface area contributed by atoms with E-state index in [9.17, 15) is 4.79 Å². The Bertz CT molecular complexity index is 1140. The van der Waals surface area contributed by atoms with Gasteiger partial charge < -0.3 is 10.2 Å². The quantitative estimate of drug-likeness (QED) is 0.333. The van der Waals surface area contributed by atoms with Crippen molar-refractivity contribution in [1.82, 2.24) is 19.9 Å². The van der Waals surface area contributed by atoms with Crippen LogP contribution in [0.3, 0.4) is 0 Å². The molecule has 0 unspecified atom stereocenters.